The molecule has 11 heteroatoms. The predicted octanol–water partition coefficient (Wildman–Crippen LogP) is 5.86. The highest BCUT2D eigenvalue weighted by Gasteiger charge is 2.35. The third-order valence-electron chi connectivity index (χ3n) is 4.02. The Bertz CT molecular complexity index is 1070. The van der Waals surface area contributed by atoms with Gasteiger partial charge in [0.2, 0.25) is 0 Å². The largest absolute Gasteiger partial charge is 0.465 e. The van der Waals surface area contributed by atoms with E-state index in [1.165, 1.54) is 24.9 Å². The van der Waals surface area contributed by atoms with Crippen LogP contribution in [0.25, 0.3) is 0 Å². The van der Waals surface area contributed by atoms with Gasteiger partial charge in [-0.05, 0) is 24.8 Å². The van der Waals surface area contributed by atoms with Gasteiger partial charge in [-0.2, -0.15) is 13.2 Å². The Morgan fingerprint density at radius 2 is 1.93 bits per heavy atom. The van der Waals surface area contributed by atoms with Gasteiger partial charge in [-0.3, -0.25) is 0 Å². The zero-order chi connectivity index (χ0) is 21.9. The van der Waals surface area contributed by atoms with Crippen LogP contribution in [0, 0.1) is 6.92 Å². The third-order valence-corrected chi connectivity index (χ3v) is 6.04. The molecule has 0 bridgehead atoms. The Kier molecular flexibility index (Phi) is 6.52. The molecule has 2 N–H and O–H groups in total. The van der Waals surface area contributed by atoms with Gasteiger partial charge in [-0.1, -0.05) is 41.3 Å². The van der Waals surface area contributed by atoms with Gasteiger partial charge in [-0.15, -0.1) is 0 Å². The number of nitrogens with one attached hydrogen (secondary N) is 2. The van der Waals surface area contributed by atoms with E-state index in [0.717, 1.165) is 23.1 Å². The highest BCUT2D eigenvalue weighted by molar-refractivity contribution is 8.00. The molecule has 3 rings (SSSR count). The minimum Gasteiger partial charge on any atom is -0.465 e. The maximum atomic E-state index is 13.6. The predicted molar refractivity (Wildman–Crippen MR) is 112 cm³/mol. The standard InChI is InChI=1S/C19H17F3N4O2S2/c1-10-6-4-5-7-12(10)24-14-8-13(11(9-23-14)19(20,21)22)25-16-15(17(27)28-2)30-18(26-16)29-3/h4-9H,1-3H3,(H2,23,24,25). The number of hydrogen-bond donors (Lipinski definition) is 2. The number of halogens is 3. The van der Waals surface area contributed by atoms with E-state index in [2.05, 4.69) is 20.6 Å². The van der Waals surface area contributed by atoms with Crippen LogP contribution in [0.1, 0.15) is 20.8 Å². The number of methoxy groups -OCH3 is 1. The van der Waals surface area contributed by atoms with E-state index in [1.807, 2.05) is 19.1 Å². The second-order valence-electron chi connectivity index (χ2n) is 6.03. The maximum absolute atomic E-state index is 13.6. The second kappa shape index (κ2) is 8.92. The van der Waals surface area contributed by atoms with Gasteiger partial charge in [0.15, 0.2) is 15.0 Å². The van der Waals surface area contributed by atoms with E-state index in [4.69, 9.17) is 4.74 Å². The number of thioether (sulfide) groups is 1. The van der Waals surface area contributed by atoms with Crippen molar-refractivity contribution in [3.05, 3.63) is 52.5 Å². The number of rotatable bonds is 6. The normalized spacial score (nSPS) is 11.3. The van der Waals surface area contributed by atoms with Crippen LogP contribution in [0.2, 0.25) is 0 Å². The van der Waals surface area contributed by atoms with Crippen LogP contribution >= 0.6 is 23.1 Å². The van der Waals surface area contributed by atoms with Gasteiger partial charge in [0, 0.05) is 18.0 Å². The molecular weight excluding hydrogens is 437 g/mol. The molecule has 0 atom stereocenters. The van der Waals surface area contributed by atoms with Crippen LogP contribution in [0.4, 0.5) is 36.2 Å². The molecule has 2 aromatic heterocycles. The van der Waals surface area contributed by atoms with Crippen molar-refractivity contribution < 1.29 is 22.7 Å². The van der Waals surface area contributed by atoms with Crippen molar-refractivity contribution in [2.24, 2.45) is 0 Å². The quantitative estimate of drug-likeness (QED) is 0.357. The Morgan fingerprint density at radius 3 is 2.57 bits per heavy atom. The summed E-state index contributed by atoms with van der Waals surface area (Å²) in [5.41, 5.74) is 0.360. The summed E-state index contributed by atoms with van der Waals surface area (Å²) in [5.74, 6) is -0.481. The van der Waals surface area contributed by atoms with Gasteiger partial charge in [-0.25, -0.2) is 14.8 Å². The molecule has 158 valence electrons. The number of carbonyl (C=O) groups excluding carboxylic acids is 1. The molecule has 30 heavy (non-hydrogen) atoms. The SMILES string of the molecule is COC(=O)c1sc(SC)nc1Nc1cc(Nc2ccccc2C)ncc1C(F)(F)F. The van der Waals surface area contributed by atoms with Gasteiger partial charge in [0.05, 0.1) is 18.4 Å². The zero-order valence-corrected chi connectivity index (χ0v) is 17.8. The number of alkyl halides is 3. The van der Waals surface area contributed by atoms with Gasteiger partial charge >= 0.3 is 12.1 Å². The Hall–Kier alpha value is -2.79. The lowest BCUT2D eigenvalue weighted by atomic mass is 10.2. The highest BCUT2D eigenvalue weighted by atomic mass is 32.2. The summed E-state index contributed by atoms with van der Waals surface area (Å²) in [4.78, 5) is 20.2. The van der Waals surface area contributed by atoms with Crippen molar-refractivity contribution in [2.45, 2.75) is 17.4 Å². The number of aromatic nitrogens is 2. The summed E-state index contributed by atoms with van der Waals surface area (Å²) in [6.45, 7) is 1.87. The van der Waals surface area contributed by atoms with E-state index >= 15 is 0 Å². The van der Waals surface area contributed by atoms with Crippen LogP contribution in [-0.4, -0.2) is 29.3 Å². The lowest BCUT2D eigenvalue weighted by Crippen LogP contribution is -2.12. The van der Waals surface area contributed by atoms with Crippen molar-refractivity contribution in [1.82, 2.24) is 9.97 Å². The number of aryl methyl sites for hydroxylation is 1. The zero-order valence-electron chi connectivity index (χ0n) is 16.1. The first-order valence-electron chi connectivity index (χ1n) is 8.53. The number of esters is 1. The smallest absolute Gasteiger partial charge is 0.419 e. The second-order valence-corrected chi connectivity index (χ2v) is 8.08. The van der Waals surface area contributed by atoms with E-state index in [-0.39, 0.29) is 22.2 Å². The number of thiazole rings is 1. The number of anilines is 4. The van der Waals surface area contributed by atoms with E-state index < -0.39 is 17.7 Å². The van der Waals surface area contributed by atoms with Crippen LogP contribution in [0.15, 0.2) is 40.9 Å². The summed E-state index contributed by atoms with van der Waals surface area (Å²) in [7, 11) is 1.20. The summed E-state index contributed by atoms with van der Waals surface area (Å²) in [6, 6.07) is 8.55. The molecule has 0 aliphatic carbocycles. The molecule has 0 radical (unpaired) electrons. The number of nitrogens with zero attached hydrogens (tertiary/aromatic N) is 2. The number of ether oxygens (including phenoxy) is 1. The number of hydrogen-bond acceptors (Lipinski definition) is 8. The van der Waals surface area contributed by atoms with E-state index in [9.17, 15) is 18.0 Å². The van der Waals surface area contributed by atoms with Gasteiger partial charge in [0.1, 0.15) is 5.82 Å². The Morgan fingerprint density at radius 1 is 1.20 bits per heavy atom. The van der Waals surface area contributed by atoms with Crippen LogP contribution < -0.4 is 10.6 Å². The van der Waals surface area contributed by atoms with Crippen LogP contribution in [-0.2, 0) is 10.9 Å². The lowest BCUT2D eigenvalue weighted by Gasteiger charge is -2.16. The van der Waals surface area contributed by atoms with Gasteiger partial charge < -0.3 is 15.4 Å². The molecule has 0 saturated heterocycles. The fourth-order valence-corrected chi connectivity index (χ4v) is 3.97. The Balaban J connectivity index is 2.03. The highest BCUT2D eigenvalue weighted by Crippen LogP contribution is 2.39. The Labute approximate surface area is 178 Å². The first-order valence-corrected chi connectivity index (χ1v) is 10.6. The molecular formula is C19H17F3N4O2S2. The third kappa shape index (κ3) is 4.85. The fourth-order valence-electron chi connectivity index (χ4n) is 2.54. The number of benzene rings is 1. The minimum absolute atomic E-state index is 0.00487. The molecule has 0 aliphatic heterocycles. The number of para-hydroxylation sites is 1. The summed E-state index contributed by atoms with van der Waals surface area (Å²) < 4.78 is 45.9. The first kappa shape index (κ1) is 21.9. The van der Waals surface area contributed by atoms with Crippen LogP contribution in [0.3, 0.4) is 0 Å². The van der Waals surface area contributed by atoms with Crippen molar-refractivity contribution in [1.29, 1.82) is 0 Å². The van der Waals surface area contributed by atoms with Crippen molar-refractivity contribution in [3.63, 3.8) is 0 Å². The number of carbonyl (C=O) groups is 1. The molecule has 0 aliphatic rings. The molecule has 0 fully saturated rings. The van der Waals surface area contributed by atoms with Crippen molar-refractivity contribution in [2.75, 3.05) is 24.0 Å². The molecule has 3 aromatic rings. The summed E-state index contributed by atoms with van der Waals surface area (Å²) in [6.07, 6.45) is -2.16. The minimum atomic E-state index is -4.65. The molecule has 0 unspecified atom stereocenters. The fraction of sp³-hybridized carbons (Fsp3) is 0.211. The number of pyridine rings is 1. The lowest BCUT2D eigenvalue weighted by molar-refractivity contribution is -0.137. The molecule has 6 nitrogen and oxygen atoms in total. The maximum Gasteiger partial charge on any atom is 0.419 e. The van der Waals surface area contributed by atoms with E-state index in [0.29, 0.717) is 10.0 Å². The molecule has 0 saturated carbocycles. The first-order chi connectivity index (χ1) is 14.2. The van der Waals surface area contributed by atoms with E-state index in [1.54, 1.807) is 18.4 Å². The van der Waals surface area contributed by atoms with Crippen LogP contribution in [0.5, 0.6) is 0 Å². The monoisotopic (exact) mass is 454 g/mol. The molecule has 0 spiro atoms. The topological polar surface area (TPSA) is 76.1 Å². The van der Waals surface area contributed by atoms with Crippen molar-refractivity contribution in [3.8, 4) is 0 Å². The molecule has 0 amide bonds. The molecule has 1 aromatic carbocycles. The van der Waals surface area contributed by atoms with Gasteiger partial charge in [0.25, 0.3) is 0 Å². The average molecular weight is 454 g/mol. The summed E-state index contributed by atoms with van der Waals surface area (Å²) >= 11 is 2.31. The average Bonchev–Trinajstić information content (AvgIpc) is 3.11. The van der Waals surface area contributed by atoms with Crippen molar-refractivity contribution >= 4 is 52.1 Å². The summed E-state index contributed by atoms with van der Waals surface area (Å²) in [5, 5.41) is 5.65. The molecule has 2 heterocycles.